The third-order valence-electron chi connectivity index (χ3n) is 2.67. The van der Waals surface area contributed by atoms with Crippen molar-refractivity contribution in [2.24, 2.45) is 0 Å². The molecule has 0 aromatic carbocycles. The molecule has 0 radical (unpaired) electrons. The van der Waals surface area contributed by atoms with Gasteiger partial charge in [-0.3, -0.25) is 0 Å². The molecule has 0 saturated carbocycles. The van der Waals surface area contributed by atoms with Crippen molar-refractivity contribution in [2.75, 3.05) is 46.7 Å². The molecule has 0 aromatic heterocycles. The molecule has 0 bridgehead atoms. The highest BCUT2D eigenvalue weighted by Gasteiger charge is 2.25. The number of hydrogen-bond acceptors (Lipinski definition) is 5. The first kappa shape index (κ1) is 15.8. The van der Waals surface area contributed by atoms with Gasteiger partial charge in [0.2, 0.25) is 0 Å². The van der Waals surface area contributed by atoms with E-state index in [-0.39, 0.29) is 13.2 Å². The van der Waals surface area contributed by atoms with E-state index in [1.54, 1.807) is 7.11 Å². The lowest BCUT2D eigenvalue weighted by Crippen LogP contribution is -2.52. The van der Waals surface area contributed by atoms with Crippen LogP contribution >= 0.6 is 0 Å². The highest BCUT2D eigenvalue weighted by atomic mass is 16.5. The molecule has 16 heavy (non-hydrogen) atoms. The standard InChI is InChI=1S/C11H25NO4/c1-3-11(9-13,10-14)12-5-8-16-7-4-6-15-2/h12-14H,3-10H2,1-2H3. The Labute approximate surface area is 97.8 Å². The molecule has 0 spiro atoms. The zero-order valence-corrected chi connectivity index (χ0v) is 10.4. The summed E-state index contributed by atoms with van der Waals surface area (Å²) >= 11 is 0. The van der Waals surface area contributed by atoms with E-state index in [0.717, 1.165) is 6.42 Å². The van der Waals surface area contributed by atoms with Gasteiger partial charge < -0.3 is 25.0 Å². The molecule has 0 rings (SSSR count). The van der Waals surface area contributed by atoms with E-state index in [9.17, 15) is 0 Å². The molecule has 0 unspecified atom stereocenters. The average molecular weight is 235 g/mol. The Morgan fingerprint density at radius 1 is 1.12 bits per heavy atom. The van der Waals surface area contributed by atoms with Crippen molar-refractivity contribution in [1.29, 1.82) is 0 Å². The summed E-state index contributed by atoms with van der Waals surface area (Å²) in [4.78, 5) is 0. The average Bonchev–Trinajstić information content (AvgIpc) is 2.34. The quantitative estimate of drug-likeness (QED) is 0.431. The van der Waals surface area contributed by atoms with Gasteiger partial charge in [0.15, 0.2) is 0 Å². The summed E-state index contributed by atoms with van der Waals surface area (Å²) in [6.45, 7) is 4.38. The van der Waals surface area contributed by atoms with Crippen LogP contribution in [0.3, 0.4) is 0 Å². The van der Waals surface area contributed by atoms with Crippen LogP contribution in [0.1, 0.15) is 19.8 Å². The fourth-order valence-corrected chi connectivity index (χ4v) is 1.31. The number of aliphatic hydroxyl groups excluding tert-OH is 2. The third-order valence-corrected chi connectivity index (χ3v) is 2.67. The van der Waals surface area contributed by atoms with Crippen LogP contribution in [0, 0.1) is 0 Å². The van der Waals surface area contributed by atoms with Gasteiger partial charge in [-0.05, 0) is 12.8 Å². The van der Waals surface area contributed by atoms with E-state index in [1.807, 2.05) is 6.92 Å². The van der Waals surface area contributed by atoms with Gasteiger partial charge in [0, 0.05) is 26.9 Å². The van der Waals surface area contributed by atoms with Gasteiger partial charge in [0.1, 0.15) is 0 Å². The summed E-state index contributed by atoms with van der Waals surface area (Å²) in [7, 11) is 1.67. The van der Waals surface area contributed by atoms with Crippen LogP contribution in [-0.2, 0) is 9.47 Å². The highest BCUT2D eigenvalue weighted by Crippen LogP contribution is 2.07. The van der Waals surface area contributed by atoms with Gasteiger partial charge in [-0.15, -0.1) is 0 Å². The summed E-state index contributed by atoms with van der Waals surface area (Å²) in [5, 5.41) is 21.5. The van der Waals surface area contributed by atoms with Gasteiger partial charge in [0.05, 0.1) is 25.4 Å². The summed E-state index contributed by atoms with van der Waals surface area (Å²) in [6.07, 6.45) is 1.57. The molecule has 0 atom stereocenters. The predicted molar refractivity (Wildman–Crippen MR) is 62.5 cm³/mol. The van der Waals surface area contributed by atoms with Gasteiger partial charge in [0.25, 0.3) is 0 Å². The maximum Gasteiger partial charge on any atom is 0.0646 e. The molecule has 98 valence electrons. The van der Waals surface area contributed by atoms with Crippen molar-refractivity contribution in [3.05, 3.63) is 0 Å². The minimum absolute atomic E-state index is 0.0658. The van der Waals surface area contributed by atoms with Crippen LogP contribution in [-0.4, -0.2) is 62.4 Å². The lowest BCUT2D eigenvalue weighted by Gasteiger charge is -2.29. The summed E-state index contributed by atoms with van der Waals surface area (Å²) in [6, 6.07) is 0. The molecule has 5 heteroatoms. The maximum absolute atomic E-state index is 9.17. The number of hydrogen-bond donors (Lipinski definition) is 3. The minimum atomic E-state index is -0.574. The number of rotatable bonds is 11. The molecule has 0 saturated heterocycles. The second-order valence-electron chi connectivity index (χ2n) is 3.84. The largest absolute Gasteiger partial charge is 0.394 e. The van der Waals surface area contributed by atoms with Crippen LogP contribution in [0.15, 0.2) is 0 Å². The molecule has 0 aliphatic rings. The van der Waals surface area contributed by atoms with E-state index in [2.05, 4.69) is 5.32 Å². The van der Waals surface area contributed by atoms with Crippen molar-refractivity contribution >= 4 is 0 Å². The Morgan fingerprint density at radius 2 is 1.81 bits per heavy atom. The molecule has 3 N–H and O–H groups in total. The lowest BCUT2D eigenvalue weighted by molar-refractivity contribution is 0.0671. The smallest absolute Gasteiger partial charge is 0.0646 e. The van der Waals surface area contributed by atoms with Gasteiger partial charge in [-0.25, -0.2) is 0 Å². The van der Waals surface area contributed by atoms with Gasteiger partial charge in [-0.1, -0.05) is 6.92 Å². The minimum Gasteiger partial charge on any atom is -0.394 e. The third kappa shape index (κ3) is 6.40. The van der Waals surface area contributed by atoms with Crippen LogP contribution in [0.25, 0.3) is 0 Å². The van der Waals surface area contributed by atoms with Gasteiger partial charge in [-0.2, -0.15) is 0 Å². The molecular weight excluding hydrogens is 210 g/mol. The Hall–Kier alpha value is -0.200. The molecule has 0 aliphatic heterocycles. The van der Waals surface area contributed by atoms with E-state index < -0.39 is 5.54 Å². The molecule has 0 fully saturated rings. The van der Waals surface area contributed by atoms with Crippen LogP contribution < -0.4 is 5.32 Å². The molecular formula is C11H25NO4. The van der Waals surface area contributed by atoms with Crippen molar-refractivity contribution < 1.29 is 19.7 Å². The topological polar surface area (TPSA) is 71.0 Å². The zero-order chi connectivity index (χ0) is 12.3. The van der Waals surface area contributed by atoms with Crippen molar-refractivity contribution in [2.45, 2.75) is 25.3 Å². The number of aliphatic hydroxyl groups is 2. The Balaban J connectivity index is 3.48. The lowest BCUT2D eigenvalue weighted by atomic mass is 9.99. The molecule has 0 aromatic rings. The zero-order valence-electron chi connectivity index (χ0n) is 10.4. The monoisotopic (exact) mass is 235 g/mol. The molecule has 0 heterocycles. The van der Waals surface area contributed by atoms with Crippen molar-refractivity contribution in [3.63, 3.8) is 0 Å². The van der Waals surface area contributed by atoms with Gasteiger partial charge >= 0.3 is 0 Å². The van der Waals surface area contributed by atoms with E-state index >= 15 is 0 Å². The normalized spacial score (nSPS) is 12.0. The van der Waals surface area contributed by atoms with Crippen LogP contribution in [0.2, 0.25) is 0 Å². The van der Waals surface area contributed by atoms with Crippen LogP contribution in [0.4, 0.5) is 0 Å². The first-order chi connectivity index (χ1) is 7.74. The second-order valence-corrected chi connectivity index (χ2v) is 3.84. The summed E-state index contributed by atoms with van der Waals surface area (Å²) < 4.78 is 10.3. The first-order valence-electron chi connectivity index (χ1n) is 5.78. The first-order valence-corrected chi connectivity index (χ1v) is 5.78. The maximum atomic E-state index is 9.17. The Bertz CT molecular complexity index is 143. The fourth-order valence-electron chi connectivity index (χ4n) is 1.31. The number of ether oxygens (including phenoxy) is 2. The predicted octanol–water partition coefficient (Wildman–Crippen LogP) is -0.237. The number of methoxy groups -OCH3 is 1. The molecule has 0 amide bonds. The SMILES string of the molecule is CCC(CO)(CO)NCCOCCCOC. The Morgan fingerprint density at radius 3 is 2.31 bits per heavy atom. The van der Waals surface area contributed by atoms with Crippen LogP contribution in [0.5, 0.6) is 0 Å². The van der Waals surface area contributed by atoms with E-state index in [4.69, 9.17) is 19.7 Å². The van der Waals surface area contributed by atoms with Crippen molar-refractivity contribution in [1.82, 2.24) is 5.32 Å². The fraction of sp³-hybridized carbons (Fsp3) is 1.00. The number of nitrogens with one attached hydrogen (secondary N) is 1. The highest BCUT2D eigenvalue weighted by molar-refractivity contribution is 4.84. The molecule has 5 nitrogen and oxygen atoms in total. The summed E-state index contributed by atoms with van der Waals surface area (Å²) in [5.41, 5.74) is -0.574. The van der Waals surface area contributed by atoms with E-state index in [1.165, 1.54) is 0 Å². The molecule has 0 aliphatic carbocycles. The Kier molecular flexibility index (Phi) is 9.86. The summed E-state index contributed by atoms with van der Waals surface area (Å²) in [5.74, 6) is 0. The van der Waals surface area contributed by atoms with E-state index in [0.29, 0.717) is 32.8 Å². The van der Waals surface area contributed by atoms with Crippen molar-refractivity contribution in [3.8, 4) is 0 Å². The second kappa shape index (κ2) is 9.99.